The Kier molecular flexibility index (Phi) is 4.26. The van der Waals surface area contributed by atoms with Crippen LogP contribution in [0.2, 0.25) is 0 Å². The van der Waals surface area contributed by atoms with Gasteiger partial charge in [-0.25, -0.2) is 0 Å². The van der Waals surface area contributed by atoms with Gasteiger partial charge < -0.3 is 4.74 Å². The van der Waals surface area contributed by atoms with Crippen molar-refractivity contribution >= 4 is 11.3 Å². The number of likely N-dealkylation sites (tertiary alicyclic amines) is 1. The first-order chi connectivity index (χ1) is 11.2. The van der Waals surface area contributed by atoms with Gasteiger partial charge in [0.15, 0.2) is 0 Å². The first-order valence-electron chi connectivity index (χ1n) is 8.64. The third-order valence-electron chi connectivity index (χ3n) is 4.89. The molecule has 124 valence electrons. The second kappa shape index (κ2) is 6.38. The summed E-state index contributed by atoms with van der Waals surface area (Å²) in [5.74, 6) is 0. The number of aryl methyl sites for hydroxylation is 2. The number of aromatic nitrogens is 2. The summed E-state index contributed by atoms with van der Waals surface area (Å²) < 4.78 is 8.09. The van der Waals surface area contributed by atoms with E-state index in [2.05, 4.69) is 46.7 Å². The van der Waals surface area contributed by atoms with Gasteiger partial charge in [-0.05, 0) is 51.3 Å². The summed E-state index contributed by atoms with van der Waals surface area (Å²) in [7, 11) is 0. The monoisotopic (exact) mass is 331 g/mol. The van der Waals surface area contributed by atoms with Crippen molar-refractivity contribution in [3.05, 3.63) is 39.3 Å². The molecule has 0 aromatic carbocycles. The molecule has 2 aliphatic rings. The van der Waals surface area contributed by atoms with Crippen molar-refractivity contribution in [2.75, 3.05) is 19.7 Å². The molecular formula is C18H25N3OS. The van der Waals surface area contributed by atoms with Gasteiger partial charge in [-0.2, -0.15) is 5.10 Å². The molecule has 0 amide bonds. The van der Waals surface area contributed by atoms with Crippen molar-refractivity contribution < 1.29 is 4.74 Å². The van der Waals surface area contributed by atoms with Gasteiger partial charge in [-0.3, -0.25) is 9.58 Å². The standard InChI is InChI=1S/C18H25N3OS/c1-13-9-14(2)21(19-13)15-10-20(11-15)12-16-6-7-18(23-16)17-5-3-4-8-22-17/h6-7,9,15,17H,3-5,8,10-12H2,1-2H3. The summed E-state index contributed by atoms with van der Waals surface area (Å²) in [5, 5.41) is 4.62. The molecule has 0 aliphatic carbocycles. The number of thiophene rings is 1. The summed E-state index contributed by atoms with van der Waals surface area (Å²) in [4.78, 5) is 5.38. The molecule has 0 N–H and O–H groups in total. The third kappa shape index (κ3) is 3.23. The number of rotatable bonds is 4. The minimum atomic E-state index is 0.348. The van der Waals surface area contributed by atoms with Crippen LogP contribution in [0.4, 0.5) is 0 Å². The van der Waals surface area contributed by atoms with Crippen molar-refractivity contribution in [2.45, 2.75) is 51.8 Å². The molecule has 4 nitrogen and oxygen atoms in total. The first kappa shape index (κ1) is 15.4. The van der Waals surface area contributed by atoms with E-state index in [1.807, 2.05) is 11.3 Å². The van der Waals surface area contributed by atoms with Crippen LogP contribution in [-0.4, -0.2) is 34.4 Å². The largest absolute Gasteiger partial charge is 0.373 e. The molecule has 23 heavy (non-hydrogen) atoms. The van der Waals surface area contributed by atoms with E-state index < -0.39 is 0 Å². The van der Waals surface area contributed by atoms with E-state index in [9.17, 15) is 0 Å². The van der Waals surface area contributed by atoms with Gasteiger partial charge in [0.05, 0.1) is 17.8 Å². The lowest BCUT2D eigenvalue weighted by molar-refractivity contribution is 0.0172. The maximum absolute atomic E-state index is 5.90. The quantitative estimate of drug-likeness (QED) is 0.852. The van der Waals surface area contributed by atoms with E-state index in [1.165, 1.54) is 34.7 Å². The van der Waals surface area contributed by atoms with Crippen LogP contribution < -0.4 is 0 Å². The zero-order chi connectivity index (χ0) is 15.8. The molecule has 0 radical (unpaired) electrons. The van der Waals surface area contributed by atoms with Gasteiger partial charge in [0.25, 0.3) is 0 Å². The Morgan fingerprint density at radius 1 is 1.26 bits per heavy atom. The lowest BCUT2D eigenvalue weighted by Gasteiger charge is -2.39. The van der Waals surface area contributed by atoms with E-state index in [0.717, 1.165) is 31.9 Å². The van der Waals surface area contributed by atoms with Gasteiger partial charge >= 0.3 is 0 Å². The summed E-state index contributed by atoms with van der Waals surface area (Å²) in [5.41, 5.74) is 2.40. The lowest BCUT2D eigenvalue weighted by atomic mass is 10.1. The Hall–Kier alpha value is -1.17. The van der Waals surface area contributed by atoms with E-state index >= 15 is 0 Å². The average molecular weight is 331 g/mol. The highest BCUT2D eigenvalue weighted by molar-refractivity contribution is 7.12. The van der Waals surface area contributed by atoms with Crippen LogP contribution in [0.15, 0.2) is 18.2 Å². The number of ether oxygens (including phenoxy) is 1. The van der Waals surface area contributed by atoms with Crippen LogP contribution in [0.25, 0.3) is 0 Å². The molecule has 4 rings (SSSR count). The Morgan fingerprint density at radius 2 is 2.13 bits per heavy atom. The number of nitrogens with zero attached hydrogens (tertiary/aromatic N) is 3. The van der Waals surface area contributed by atoms with Gasteiger partial charge in [0.1, 0.15) is 0 Å². The molecule has 2 aliphatic heterocycles. The Bertz CT molecular complexity index is 666. The van der Waals surface area contributed by atoms with Crippen molar-refractivity contribution in [3.8, 4) is 0 Å². The van der Waals surface area contributed by atoms with Crippen LogP contribution in [0, 0.1) is 13.8 Å². The molecule has 0 spiro atoms. The minimum absolute atomic E-state index is 0.348. The summed E-state index contributed by atoms with van der Waals surface area (Å²) in [6.45, 7) is 8.42. The zero-order valence-corrected chi connectivity index (χ0v) is 14.8. The Morgan fingerprint density at radius 3 is 2.83 bits per heavy atom. The molecule has 0 bridgehead atoms. The maximum Gasteiger partial charge on any atom is 0.0916 e. The molecule has 2 fully saturated rings. The van der Waals surface area contributed by atoms with E-state index in [-0.39, 0.29) is 0 Å². The molecule has 1 unspecified atom stereocenters. The second-order valence-electron chi connectivity index (χ2n) is 6.88. The van der Waals surface area contributed by atoms with Crippen molar-refractivity contribution in [1.82, 2.24) is 14.7 Å². The third-order valence-corrected chi connectivity index (χ3v) is 6.05. The van der Waals surface area contributed by atoms with Crippen LogP contribution in [0.3, 0.4) is 0 Å². The smallest absolute Gasteiger partial charge is 0.0916 e. The topological polar surface area (TPSA) is 30.3 Å². The molecule has 2 aromatic rings. The van der Waals surface area contributed by atoms with Gasteiger partial charge in [-0.15, -0.1) is 11.3 Å². The zero-order valence-electron chi connectivity index (χ0n) is 14.0. The number of hydrogen-bond donors (Lipinski definition) is 0. The van der Waals surface area contributed by atoms with E-state index in [1.54, 1.807) is 0 Å². The van der Waals surface area contributed by atoms with Crippen LogP contribution in [0.5, 0.6) is 0 Å². The molecule has 5 heteroatoms. The summed E-state index contributed by atoms with van der Waals surface area (Å²) >= 11 is 1.93. The normalized spacial score (nSPS) is 23.1. The first-order valence-corrected chi connectivity index (χ1v) is 9.46. The predicted molar refractivity (Wildman–Crippen MR) is 92.9 cm³/mol. The van der Waals surface area contributed by atoms with Crippen LogP contribution >= 0.6 is 11.3 Å². The maximum atomic E-state index is 5.90. The fraction of sp³-hybridized carbons (Fsp3) is 0.611. The van der Waals surface area contributed by atoms with E-state index in [0.29, 0.717) is 12.1 Å². The summed E-state index contributed by atoms with van der Waals surface area (Å²) in [6.07, 6.45) is 4.05. The van der Waals surface area contributed by atoms with Crippen molar-refractivity contribution in [3.63, 3.8) is 0 Å². The average Bonchev–Trinajstić information content (AvgIpc) is 3.10. The molecule has 4 heterocycles. The SMILES string of the molecule is Cc1cc(C)n(C2CN(Cc3ccc(C4CCCCO4)s3)C2)n1. The van der Waals surface area contributed by atoms with Crippen molar-refractivity contribution in [2.24, 2.45) is 0 Å². The molecule has 2 saturated heterocycles. The highest BCUT2D eigenvalue weighted by atomic mass is 32.1. The van der Waals surface area contributed by atoms with Gasteiger partial charge in [-0.1, -0.05) is 0 Å². The highest BCUT2D eigenvalue weighted by Gasteiger charge is 2.30. The van der Waals surface area contributed by atoms with Crippen LogP contribution in [-0.2, 0) is 11.3 Å². The van der Waals surface area contributed by atoms with Crippen molar-refractivity contribution in [1.29, 1.82) is 0 Å². The fourth-order valence-electron chi connectivity index (χ4n) is 3.68. The van der Waals surface area contributed by atoms with Crippen LogP contribution in [0.1, 0.15) is 52.6 Å². The minimum Gasteiger partial charge on any atom is -0.373 e. The Balaban J connectivity index is 1.32. The van der Waals surface area contributed by atoms with Gasteiger partial charge in [0.2, 0.25) is 0 Å². The fourth-order valence-corrected chi connectivity index (χ4v) is 4.82. The molecule has 0 saturated carbocycles. The van der Waals surface area contributed by atoms with Gasteiger partial charge in [0, 0.05) is 41.7 Å². The molecule has 1 atom stereocenters. The second-order valence-corrected chi connectivity index (χ2v) is 8.08. The Labute approximate surface area is 142 Å². The molecule has 2 aromatic heterocycles. The highest BCUT2D eigenvalue weighted by Crippen LogP contribution is 2.34. The summed E-state index contributed by atoms with van der Waals surface area (Å²) in [6, 6.07) is 7.27. The predicted octanol–water partition coefficient (Wildman–Crippen LogP) is 3.86. The molecular weight excluding hydrogens is 306 g/mol. The lowest BCUT2D eigenvalue weighted by Crippen LogP contribution is -2.47. The number of hydrogen-bond acceptors (Lipinski definition) is 4. The van der Waals surface area contributed by atoms with E-state index in [4.69, 9.17) is 4.74 Å².